The first kappa shape index (κ1) is 16.7. The molecular weight excluding hydrogens is 323 g/mol. The number of nitrogens with zero attached hydrogens (tertiary/aromatic N) is 5. The third-order valence-corrected chi connectivity index (χ3v) is 3.15. The maximum Gasteiger partial charge on any atom is 0.418 e. The first-order valence-electron chi connectivity index (χ1n) is 6.26. The van der Waals surface area contributed by atoms with Crippen LogP contribution in [-0.4, -0.2) is 50.4 Å². The summed E-state index contributed by atoms with van der Waals surface area (Å²) in [6.07, 6.45) is -4.58. The molecule has 0 saturated carbocycles. The third-order valence-electron chi connectivity index (χ3n) is 2.92. The summed E-state index contributed by atoms with van der Waals surface area (Å²) >= 11 is 5.65. The van der Waals surface area contributed by atoms with E-state index in [9.17, 15) is 13.2 Å². The van der Waals surface area contributed by atoms with E-state index in [4.69, 9.17) is 16.7 Å². The minimum Gasteiger partial charge on any atom is -0.395 e. The van der Waals surface area contributed by atoms with Gasteiger partial charge < -0.3 is 5.11 Å². The van der Waals surface area contributed by atoms with E-state index in [-0.39, 0.29) is 29.7 Å². The Morgan fingerprint density at radius 2 is 2.09 bits per heavy atom. The Hall–Kier alpha value is -1.71. The van der Waals surface area contributed by atoms with Crippen LogP contribution in [0.15, 0.2) is 18.2 Å². The molecule has 0 aliphatic heterocycles. The Kier molecular flexibility index (Phi) is 4.99. The average Bonchev–Trinajstić information content (AvgIpc) is 2.86. The Morgan fingerprint density at radius 1 is 1.36 bits per heavy atom. The highest BCUT2D eigenvalue weighted by Gasteiger charge is 2.35. The number of likely N-dealkylation sites (N-methyl/N-ethyl adjacent to an activating group) is 1. The molecule has 1 N–H and O–H groups in total. The first-order chi connectivity index (χ1) is 10.3. The van der Waals surface area contributed by atoms with E-state index in [0.29, 0.717) is 6.54 Å². The van der Waals surface area contributed by atoms with Crippen LogP contribution in [0.1, 0.15) is 11.4 Å². The van der Waals surface area contributed by atoms with Crippen LogP contribution in [-0.2, 0) is 12.7 Å². The summed E-state index contributed by atoms with van der Waals surface area (Å²) in [6, 6.07) is 3.39. The molecule has 22 heavy (non-hydrogen) atoms. The lowest BCUT2D eigenvalue weighted by molar-refractivity contribution is -0.137. The van der Waals surface area contributed by atoms with E-state index in [1.807, 2.05) is 0 Å². The standard InChI is InChI=1S/C12H13ClF3N5O/c1-20(4-5-22)7-11-17-18-19-21(11)10-3-2-8(13)6-9(10)12(14,15)16/h2-3,6,22H,4-5,7H2,1H3. The molecule has 1 heterocycles. The van der Waals surface area contributed by atoms with Crippen molar-refractivity contribution in [1.82, 2.24) is 25.1 Å². The fraction of sp³-hybridized carbons (Fsp3) is 0.417. The highest BCUT2D eigenvalue weighted by molar-refractivity contribution is 6.30. The van der Waals surface area contributed by atoms with Crippen molar-refractivity contribution >= 4 is 11.6 Å². The van der Waals surface area contributed by atoms with Crippen LogP contribution >= 0.6 is 11.6 Å². The van der Waals surface area contributed by atoms with E-state index in [0.717, 1.165) is 10.7 Å². The van der Waals surface area contributed by atoms with Crippen LogP contribution in [0.2, 0.25) is 5.02 Å². The Morgan fingerprint density at radius 3 is 2.73 bits per heavy atom. The van der Waals surface area contributed by atoms with Gasteiger partial charge >= 0.3 is 6.18 Å². The predicted octanol–water partition coefficient (Wildman–Crippen LogP) is 1.76. The molecule has 0 radical (unpaired) electrons. The Bertz CT molecular complexity index is 646. The lowest BCUT2D eigenvalue weighted by Gasteiger charge is -2.16. The molecule has 2 aromatic rings. The fourth-order valence-corrected chi connectivity index (χ4v) is 2.07. The zero-order valence-electron chi connectivity index (χ0n) is 11.5. The van der Waals surface area contributed by atoms with Crippen molar-refractivity contribution in [1.29, 1.82) is 0 Å². The smallest absolute Gasteiger partial charge is 0.395 e. The Balaban J connectivity index is 2.43. The van der Waals surface area contributed by atoms with Crippen molar-refractivity contribution in [2.24, 2.45) is 0 Å². The van der Waals surface area contributed by atoms with Crippen LogP contribution in [0, 0.1) is 0 Å². The number of alkyl halides is 3. The van der Waals surface area contributed by atoms with Gasteiger partial charge in [-0.3, -0.25) is 4.90 Å². The lowest BCUT2D eigenvalue weighted by Crippen LogP contribution is -2.24. The quantitative estimate of drug-likeness (QED) is 0.902. The van der Waals surface area contributed by atoms with Gasteiger partial charge in [-0.05, 0) is 35.7 Å². The second-order valence-corrected chi connectivity index (χ2v) is 5.06. The molecule has 120 valence electrons. The van der Waals surface area contributed by atoms with E-state index in [2.05, 4.69) is 15.5 Å². The van der Waals surface area contributed by atoms with Gasteiger partial charge in [-0.25, -0.2) is 0 Å². The van der Waals surface area contributed by atoms with Crippen molar-refractivity contribution < 1.29 is 18.3 Å². The molecule has 0 atom stereocenters. The summed E-state index contributed by atoms with van der Waals surface area (Å²) in [4.78, 5) is 1.69. The fourth-order valence-electron chi connectivity index (χ4n) is 1.90. The second-order valence-electron chi connectivity index (χ2n) is 4.63. The molecular formula is C12H13ClF3N5O. The van der Waals surface area contributed by atoms with Gasteiger partial charge in [-0.1, -0.05) is 11.6 Å². The van der Waals surface area contributed by atoms with Gasteiger partial charge in [0.1, 0.15) is 0 Å². The van der Waals surface area contributed by atoms with Crippen LogP contribution in [0.3, 0.4) is 0 Å². The van der Waals surface area contributed by atoms with Crippen molar-refractivity contribution in [3.05, 3.63) is 34.6 Å². The molecule has 0 saturated heterocycles. The maximum absolute atomic E-state index is 13.2. The van der Waals surface area contributed by atoms with Crippen molar-refractivity contribution in [2.75, 3.05) is 20.2 Å². The van der Waals surface area contributed by atoms with E-state index in [1.54, 1.807) is 11.9 Å². The summed E-state index contributed by atoms with van der Waals surface area (Å²) < 4.78 is 40.5. The van der Waals surface area contributed by atoms with Crippen molar-refractivity contribution in [3.63, 3.8) is 0 Å². The molecule has 0 unspecified atom stereocenters. The van der Waals surface area contributed by atoms with E-state index in [1.165, 1.54) is 12.1 Å². The van der Waals surface area contributed by atoms with Gasteiger partial charge in [0.15, 0.2) is 5.82 Å². The van der Waals surface area contributed by atoms with E-state index < -0.39 is 11.7 Å². The predicted molar refractivity (Wildman–Crippen MR) is 72.6 cm³/mol. The zero-order chi connectivity index (χ0) is 16.3. The second kappa shape index (κ2) is 6.59. The number of hydrogen-bond acceptors (Lipinski definition) is 5. The highest BCUT2D eigenvalue weighted by Crippen LogP contribution is 2.35. The van der Waals surface area contributed by atoms with Gasteiger partial charge in [-0.2, -0.15) is 17.9 Å². The Labute approximate surface area is 129 Å². The first-order valence-corrected chi connectivity index (χ1v) is 6.64. The van der Waals surface area contributed by atoms with Gasteiger partial charge in [0.2, 0.25) is 0 Å². The summed E-state index contributed by atoms with van der Waals surface area (Å²) in [5.74, 6) is 0.226. The number of aliphatic hydroxyl groups excluding tert-OH is 1. The summed E-state index contributed by atoms with van der Waals surface area (Å²) in [6.45, 7) is 0.458. The SMILES string of the molecule is CN(CCO)Cc1nnnn1-c1ccc(Cl)cc1C(F)(F)F. The molecule has 1 aromatic heterocycles. The normalized spacial score (nSPS) is 12.1. The topological polar surface area (TPSA) is 67.1 Å². The summed E-state index contributed by atoms with van der Waals surface area (Å²) in [7, 11) is 1.70. The molecule has 1 aromatic carbocycles. The molecule has 2 rings (SSSR count). The molecule has 0 bridgehead atoms. The van der Waals surface area contributed by atoms with Crippen molar-refractivity contribution in [3.8, 4) is 5.69 Å². The van der Waals surface area contributed by atoms with Crippen LogP contribution < -0.4 is 0 Å². The highest BCUT2D eigenvalue weighted by atomic mass is 35.5. The number of rotatable bonds is 5. The molecule has 10 heteroatoms. The molecule has 6 nitrogen and oxygen atoms in total. The third kappa shape index (κ3) is 3.73. The molecule has 0 fully saturated rings. The number of hydrogen-bond donors (Lipinski definition) is 1. The zero-order valence-corrected chi connectivity index (χ0v) is 12.3. The van der Waals surface area contributed by atoms with E-state index >= 15 is 0 Å². The van der Waals surface area contributed by atoms with Crippen LogP contribution in [0.4, 0.5) is 13.2 Å². The number of aromatic nitrogens is 4. The van der Waals surface area contributed by atoms with Crippen LogP contribution in [0.25, 0.3) is 5.69 Å². The molecule has 0 aliphatic rings. The molecule has 0 aliphatic carbocycles. The lowest BCUT2D eigenvalue weighted by atomic mass is 10.1. The number of tetrazole rings is 1. The minimum absolute atomic E-state index is 0.0249. The molecule has 0 spiro atoms. The summed E-state index contributed by atoms with van der Waals surface area (Å²) in [5.41, 5.74) is -1.12. The van der Waals surface area contributed by atoms with Gasteiger partial charge in [0.25, 0.3) is 0 Å². The summed E-state index contributed by atoms with van der Waals surface area (Å²) in [5, 5.41) is 19.6. The number of halogens is 4. The monoisotopic (exact) mass is 335 g/mol. The van der Waals surface area contributed by atoms with Crippen LogP contribution in [0.5, 0.6) is 0 Å². The molecule has 0 amide bonds. The van der Waals surface area contributed by atoms with Crippen molar-refractivity contribution in [2.45, 2.75) is 12.7 Å². The minimum atomic E-state index is -4.58. The average molecular weight is 336 g/mol. The number of benzene rings is 1. The number of aliphatic hydroxyl groups is 1. The van der Waals surface area contributed by atoms with Gasteiger partial charge in [-0.15, -0.1) is 5.10 Å². The largest absolute Gasteiger partial charge is 0.418 e. The maximum atomic E-state index is 13.2. The van der Waals surface area contributed by atoms with Gasteiger partial charge in [0.05, 0.1) is 24.4 Å². The van der Waals surface area contributed by atoms with Gasteiger partial charge in [0, 0.05) is 11.6 Å².